The molecular weight excluding hydrogens is 263 g/mol. The van der Waals surface area contributed by atoms with E-state index in [1.807, 2.05) is 24.3 Å². The number of nitrogens with zero attached hydrogens (tertiary/aromatic N) is 1. The van der Waals surface area contributed by atoms with Crippen molar-refractivity contribution in [2.45, 2.75) is 6.04 Å². The maximum Gasteiger partial charge on any atom is 0.327 e. The van der Waals surface area contributed by atoms with Gasteiger partial charge in [-0.15, -0.1) is 0 Å². The molecule has 1 atom stereocenters. The van der Waals surface area contributed by atoms with Gasteiger partial charge in [-0.3, -0.25) is 10.1 Å². The second kappa shape index (κ2) is 4.80. The van der Waals surface area contributed by atoms with Crippen LogP contribution in [0.15, 0.2) is 42.5 Å². The van der Waals surface area contributed by atoms with Gasteiger partial charge >= 0.3 is 5.69 Å². The van der Waals surface area contributed by atoms with Crippen molar-refractivity contribution in [2.75, 3.05) is 11.9 Å². The van der Waals surface area contributed by atoms with Crippen LogP contribution in [0, 0.1) is 15.9 Å². The number of hydrogen-bond acceptors (Lipinski definition) is 4. The molecule has 0 bridgehead atoms. The zero-order valence-electron chi connectivity index (χ0n) is 10.4. The highest BCUT2D eigenvalue weighted by molar-refractivity contribution is 5.63. The summed E-state index contributed by atoms with van der Waals surface area (Å²) in [5.41, 5.74) is 0.517. The first kappa shape index (κ1) is 12.4. The first-order chi connectivity index (χ1) is 9.66. The van der Waals surface area contributed by atoms with Gasteiger partial charge in [-0.2, -0.15) is 4.39 Å². The van der Waals surface area contributed by atoms with Crippen LogP contribution in [0.3, 0.4) is 0 Å². The van der Waals surface area contributed by atoms with E-state index in [4.69, 9.17) is 4.74 Å². The molecule has 5 nitrogen and oxygen atoms in total. The first-order valence-electron chi connectivity index (χ1n) is 6.08. The Balaban J connectivity index is 1.94. The molecular formula is C14H11FN2O3. The molecule has 0 aliphatic carbocycles. The van der Waals surface area contributed by atoms with E-state index >= 15 is 0 Å². The number of halogens is 1. The Bertz CT molecular complexity index is 675. The summed E-state index contributed by atoms with van der Waals surface area (Å²) in [6, 6.07) is 11.2. The van der Waals surface area contributed by atoms with Gasteiger partial charge < -0.3 is 10.1 Å². The van der Waals surface area contributed by atoms with Crippen molar-refractivity contribution >= 4 is 11.4 Å². The van der Waals surface area contributed by atoms with E-state index in [1.54, 1.807) is 0 Å². The van der Waals surface area contributed by atoms with Crippen LogP contribution in [0.25, 0.3) is 0 Å². The number of ether oxygens (including phenoxy) is 1. The highest BCUT2D eigenvalue weighted by atomic mass is 19.1. The van der Waals surface area contributed by atoms with Gasteiger partial charge in [0, 0.05) is 5.56 Å². The Labute approximate surface area is 114 Å². The van der Waals surface area contributed by atoms with Gasteiger partial charge in [-0.05, 0) is 18.2 Å². The second-order valence-corrected chi connectivity index (χ2v) is 4.44. The largest absolute Gasteiger partial charge is 0.491 e. The maximum absolute atomic E-state index is 13.6. The number of benzene rings is 2. The molecule has 20 heavy (non-hydrogen) atoms. The second-order valence-electron chi connectivity index (χ2n) is 4.44. The molecule has 2 aromatic carbocycles. The van der Waals surface area contributed by atoms with Crippen molar-refractivity contribution < 1.29 is 14.1 Å². The molecule has 0 spiro atoms. The van der Waals surface area contributed by atoms with Crippen molar-refractivity contribution in [3.63, 3.8) is 0 Å². The fourth-order valence-corrected chi connectivity index (χ4v) is 2.29. The van der Waals surface area contributed by atoms with Crippen molar-refractivity contribution in [2.24, 2.45) is 0 Å². The van der Waals surface area contributed by atoms with Crippen LogP contribution in [0.4, 0.5) is 15.8 Å². The van der Waals surface area contributed by atoms with Crippen LogP contribution < -0.4 is 10.1 Å². The van der Waals surface area contributed by atoms with Crippen LogP contribution in [0.1, 0.15) is 11.6 Å². The fourth-order valence-electron chi connectivity index (χ4n) is 2.29. The van der Waals surface area contributed by atoms with Crippen molar-refractivity contribution in [1.29, 1.82) is 0 Å². The normalized spacial score (nSPS) is 16.4. The lowest BCUT2D eigenvalue weighted by Crippen LogP contribution is -2.13. The number of rotatable bonds is 3. The Morgan fingerprint density at radius 1 is 1.25 bits per heavy atom. The molecule has 102 valence electrons. The molecule has 1 unspecified atom stereocenters. The van der Waals surface area contributed by atoms with E-state index in [2.05, 4.69) is 5.32 Å². The Hall–Kier alpha value is -2.63. The summed E-state index contributed by atoms with van der Waals surface area (Å²) in [7, 11) is 0. The quantitative estimate of drug-likeness (QED) is 0.689. The summed E-state index contributed by atoms with van der Waals surface area (Å²) in [5, 5.41) is 13.9. The number of hydrogen-bond donors (Lipinski definition) is 1. The maximum atomic E-state index is 13.6. The SMILES string of the molecule is O=[N+]([O-])c1c(F)cccc1NC1COc2ccccc21. The predicted octanol–water partition coefficient (Wildman–Crippen LogP) is 3.28. The topological polar surface area (TPSA) is 64.4 Å². The van der Waals surface area contributed by atoms with E-state index in [-0.39, 0.29) is 11.7 Å². The zero-order valence-corrected chi connectivity index (χ0v) is 10.4. The van der Waals surface area contributed by atoms with Crippen LogP contribution in [0.2, 0.25) is 0 Å². The summed E-state index contributed by atoms with van der Waals surface area (Å²) < 4.78 is 19.0. The molecule has 1 aliphatic heterocycles. The Morgan fingerprint density at radius 3 is 2.85 bits per heavy atom. The van der Waals surface area contributed by atoms with Crippen LogP contribution in [-0.2, 0) is 0 Å². The van der Waals surface area contributed by atoms with Gasteiger partial charge in [0.25, 0.3) is 0 Å². The minimum Gasteiger partial charge on any atom is -0.491 e. The lowest BCUT2D eigenvalue weighted by molar-refractivity contribution is -0.386. The van der Waals surface area contributed by atoms with E-state index < -0.39 is 16.4 Å². The number of para-hydroxylation sites is 2. The van der Waals surface area contributed by atoms with Crippen LogP contribution in [-0.4, -0.2) is 11.5 Å². The number of nitro groups is 1. The fraction of sp³-hybridized carbons (Fsp3) is 0.143. The standard InChI is InChI=1S/C14H11FN2O3/c15-10-5-3-6-11(14(10)17(18)19)16-12-8-20-13-7-2-1-4-9(12)13/h1-7,12,16H,8H2. The van der Waals surface area contributed by atoms with E-state index in [0.29, 0.717) is 6.61 Å². The molecule has 0 amide bonds. The molecule has 1 aliphatic rings. The summed E-state index contributed by atoms with van der Waals surface area (Å²) in [6.45, 7) is 0.354. The highest BCUT2D eigenvalue weighted by Gasteiger charge is 2.27. The molecule has 1 N–H and O–H groups in total. The number of anilines is 1. The van der Waals surface area contributed by atoms with Gasteiger partial charge in [0.15, 0.2) is 0 Å². The van der Waals surface area contributed by atoms with Crippen LogP contribution in [0.5, 0.6) is 5.75 Å². The third-order valence-corrected chi connectivity index (χ3v) is 3.20. The van der Waals surface area contributed by atoms with E-state index in [9.17, 15) is 14.5 Å². The molecule has 0 fully saturated rings. The van der Waals surface area contributed by atoms with Gasteiger partial charge in [-0.25, -0.2) is 0 Å². The number of nitrogens with one attached hydrogen (secondary N) is 1. The molecule has 0 radical (unpaired) electrons. The molecule has 0 saturated carbocycles. The monoisotopic (exact) mass is 274 g/mol. The lowest BCUT2D eigenvalue weighted by atomic mass is 10.1. The third kappa shape index (κ3) is 2.05. The minimum atomic E-state index is -0.854. The summed E-state index contributed by atoms with van der Waals surface area (Å²) in [5.74, 6) is -0.115. The minimum absolute atomic E-state index is 0.153. The lowest BCUT2D eigenvalue weighted by Gasteiger charge is -2.13. The Kier molecular flexibility index (Phi) is 2.98. The first-order valence-corrected chi connectivity index (χ1v) is 6.08. The summed E-state index contributed by atoms with van der Waals surface area (Å²) in [6.07, 6.45) is 0. The predicted molar refractivity (Wildman–Crippen MR) is 71.4 cm³/mol. The van der Waals surface area contributed by atoms with Gasteiger partial charge in [0.2, 0.25) is 5.82 Å². The molecule has 2 aromatic rings. The van der Waals surface area contributed by atoms with Gasteiger partial charge in [0.05, 0.1) is 11.0 Å². The number of nitro benzene ring substituents is 1. The van der Waals surface area contributed by atoms with Gasteiger partial charge in [0.1, 0.15) is 18.0 Å². The summed E-state index contributed by atoms with van der Waals surface area (Å²) >= 11 is 0. The molecule has 6 heteroatoms. The molecule has 0 aromatic heterocycles. The Morgan fingerprint density at radius 2 is 2.05 bits per heavy atom. The van der Waals surface area contributed by atoms with Crippen molar-refractivity contribution in [3.05, 3.63) is 64.0 Å². The van der Waals surface area contributed by atoms with E-state index in [0.717, 1.165) is 17.4 Å². The summed E-state index contributed by atoms with van der Waals surface area (Å²) in [4.78, 5) is 10.2. The average Bonchev–Trinajstić information content (AvgIpc) is 2.82. The number of fused-ring (bicyclic) bond motifs is 1. The molecule has 0 saturated heterocycles. The highest BCUT2D eigenvalue weighted by Crippen LogP contribution is 2.36. The van der Waals surface area contributed by atoms with Crippen molar-refractivity contribution in [3.8, 4) is 5.75 Å². The molecule has 1 heterocycles. The zero-order chi connectivity index (χ0) is 14.1. The van der Waals surface area contributed by atoms with E-state index in [1.165, 1.54) is 12.1 Å². The van der Waals surface area contributed by atoms with Crippen molar-refractivity contribution in [1.82, 2.24) is 0 Å². The van der Waals surface area contributed by atoms with Gasteiger partial charge in [-0.1, -0.05) is 24.3 Å². The third-order valence-electron chi connectivity index (χ3n) is 3.20. The van der Waals surface area contributed by atoms with Crippen LogP contribution >= 0.6 is 0 Å². The average molecular weight is 274 g/mol. The molecule has 3 rings (SSSR count). The smallest absolute Gasteiger partial charge is 0.327 e.